The van der Waals surface area contributed by atoms with E-state index in [9.17, 15) is 14.7 Å². The van der Waals surface area contributed by atoms with Crippen molar-refractivity contribution in [3.05, 3.63) is 35.4 Å². The van der Waals surface area contributed by atoms with E-state index in [4.69, 9.17) is 0 Å². The quantitative estimate of drug-likeness (QED) is 0.726. The molecule has 2 atom stereocenters. The standard InChI is InChI=1S/C18H27NO3/c1-5-14(3)18(4,22)12-19-17(21)11-10-16(20)15-8-6-13(2)7-9-15/h6-9,14,22H,5,10-12H2,1-4H3,(H,19,21). The van der Waals surface area contributed by atoms with Crippen LogP contribution in [-0.4, -0.2) is 28.9 Å². The maximum absolute atomic E-state index is 12.0. The Morgan fingerprint density at radius 3 is 2.36 bits per heavy atom. The maximum Gasteiger partial charge on any atom is 0.220 e. The van der Waals surface area contributed by atoms with Gasteiger partial charge in [0.2, 0.25) is 5.91 Å². The Morgan fingerprint density at radius 2 is 1.82 bits per heavy atom. The molecule has 22 heavy (non-hydrogen) atoms. The second-order valence-electron chi connectivity index (χ2n) is 6.23. The average Bonchev–Trinajstić information content (AvgIpc) is 2.50. The molecule has 2 N–H and O–H groups in total. The van der Waals surface area contributed by atoms with Gasteiger partial charge in [0.1, 0.15) is 0 Å². The highest BCUT2D eigenvalue weighted by Gasteiger charge is 2.27. The Balaban J connectivity index is 2.40. The number of hydrogen-bond acceptors (Lipinski definition) is 3. The van der Waals surface area contributed by atoms with Crippen molar-refractivity contribution in [3.8, 4) is 0 Å². The van der Waals surface area contributed by atoms with Crippen molar-refractivity contribution in [3.63, 3.8) is 0 Å². The molecule has 0 radical (unpaired) electrons. The van der Waals surface area contributed by atoms with Crippen molar-refractivity contribution in [2.45, 2.75) is 52.6 Å². The minimum atomic E-state index is -0.925. The first-order chi connectivity index (χ1) is 10.3. The monoisotopic (exact) mass is 305 g/mol. The van der Waals surface area contributed by atoms with E-state index in [-0.39, 0.29) is 37.0 Å². The lowest BCUT2D eigenvalue weighted by Gasteiger charge is -2.29. The van der Waals surface area contributed by atoms with Gasteiger partial charge >= 0.3 is 0 Å². The number of Topliss-reactive ketones (excluding diaryl/α,β-unsaturated/α-hetero) is 1. The van der Waals surface area contributed by atoms with Gasteiger partial charge in [-0.1, -0.05) is 50.1 Å². The minimum Gasteiger partial charge on any atom is -0.388 e. The van der Waals surface area contributed by atoms with Crippen LogP contribution in [0, 0.1) is 12.8 Å². The first kappa shape index (κ1) is 18.4. The first-order valence-corrected chi connectivity index (χ1v) is 7.85. The molecule has 1 rings (SSSR count). The van der Waals surface area contributed by atoms with Crippen LogP contribution in [0.3, 0.4) is 0 Å². The average molecular weight is 305 g/mol. The molecule has 0 aliphatic rings. The summed E-state index contributed by atoms with van der Waals surface area (Å²) in [6, 6.07) is 7.33. The summed E-state index contributed by atoms with van der Waals surface area (Å²) < 4.78 is 0. The number of hydrogen-bond donors (Lipinski definition) is 2. The topological polar surface area (TPSA) is 66.4 Å². The van der Waals surface area contributed by atoms with Crippen LogP contribution in [0.2, 0.25) is 0 Å². The number of benzene rings is 1. The number of nitrogens with one attached hydrogen (secondary N) is 1. The van der Waals surface area contributed by atoms with Gasteiger partial charge in [0.05, 0.1) is 5.60 Å². The predicted octanol–water partition coefficient (Wildman–Crippen LogP) is 2.87. The fraction of sp³-hybridized carbons (Fsp3) is 0.556. The van der Waals surface area contributed by atoms with Crippen LogP contribution in [-0.2, 0) is 4.79 Å². The number of aliphatic hydroxyl groups is 1. The van der Waals surface area contributed by atoms with Crippen LogP contribution in [0.25, 0.3) is 0 Å². The SMILES string of the molecule is CCC(C)C(C)(O)CNC(=O)CCC(=O)c1ccc(C)cc1. The van der Waals surface area contributed by atoms with E-state index in [0.717, 1.165) is 12.0 Å². The van der Waals surface area contributed by atoms with Gasteiger partial charge in [-0.15, -0.1) is 0 Å². The molecule has 0 fully saturated rings. The Morgan fingerprint density at radius 1 is 1.23 bits per heavy atom. The highest BCUT2D eigenvalue weighted by atomic mass is 16.3. The fourth-order valence-electron chi connectivity index (χ4n) is 2.09. The van der Waals surface area contributed by atoms with Crippen molar-refractivity contribution in [1.82, 2.24) is 5.32 Å². The van der Waals surface area contributed by atoms with Gasteiger partial charge in [-0.2, -0.15) is 0 Å². The highest BCUT2D eigenvalue weighted by Crippen LogP contribution is 2.18. The Hall–Kier alpha value is -1.68. The van der Waals surface area contributed by atoms with Gasteiger partial charge in [-0.25, -0.2) is 0 Å². The van der Waals surface area contributed by atoms with Crippen LogP contribution in [0.4, 0.5) is 0 Å². The first-order valence-electron chi connectivity index (χ1n) is 7.85. The second kappa shape index (κ2) is 8.08. The summed E-state index contributed by atoms with van der Waals surface area (Å²) in [5, 5.41) is 12.9. The van der Waals surface area contributed by atoms with Crippen molar-refractivity contribution in [2.75, 3.05) is 6.54 Å². The molecule has 4 nitrogen and oxygen atoms in total. The minimum absolute atomic E-state index is 0.0381. The molecular weight excluding hydrogens is 278 g/mol. The van der Waals surface area contributed by atoms with E-state index in [1.165, 1.54) is 0 Å². The molecule has 1 amide bonds. The molecule has 0 bridgehead atoms. The van der Waals surface area contributed by atoms with Gasteiger partial charge in [0.25, 0.3) is 0 Å². The Labute approximate surface area is 132 Å². The predicted molar refractivity (Wildman–Crippen MR) is 87.8 cm³/mol. The number of rotatable bonds is 8. The van der Waals surface area contributed by atoms with Crippen molar-refractivity contribution in [1.29, 1.82) is 0 Å². The van der Waals surface area contributed by atoms with Gasteiger partial charge in [-0.3, -0.25) is 9.59 Å². The van der Waals surface area contributed by atoms with Crippen LogP contribution in [0.5, 0.6) is 0 Å². The van der Waals surface area contributed by atoms with E-state index in [2.05, 4.69) is 5.32 Å². The molecule has 122 valence electrons. The zero-order chi connectivity index (χ0) is 16.8. The molecule has 0 saturated heterocycles. The Kier molecular flexibility index (Phi) is 6.75. The number of amides is 1. The van der Waals surface area contributed by atoms with Crippen molar-refractivity contribution < 1.29 is 14.7 Å². The number of carbonyl (C=O) groups excluding carboxylic acids is 2. The van der Waals surface area contributed by atoms with E-state index >= 15 is 0 Å². The van der Waals surface area contributed by atoms with Crippen LogP contribution >= 0.6 is 0 Å². The van der Waals surface area contributed by atoms with Crippen molar-refractivity contribution >= 4 is 11.7 Å². The van der Waals surface area contributed by atoms with Crippen LogP contribution in [0.1, 0.15) is 56.0 Å². The van der Waals surface area contributed by atoms with E-state index in [1.807, 2.05) is 32.9 Å². The number of aryl methyl sites for hydroxylation is 1. The second-order valence-corrected chi connectivity index (χ2v) is 6.23. The molecule has 0 aliphatic heterocycles. The van der Waals surface area contributed by atoms with Gasteiger partial charge in [0, 0.05) is 24.9 Å². The normalized spacial score (nSPS) is 15.0. The molecule has 0 aliphatic carbocycles. The largest absolute Gasteiger partial charge is 0.388 e. The third kappa shape index (κ3) is 5.60. The summed E-state index contributed by atoms with van der Waals surface area (Å²) in [6.07, 6.45) is 1.17. The maximum atomic E-state index is 12.0. The van der Waals surface area contributed by atoms with Crippen LogP contribution < -0.4 is 5.32 Å². The fourth-order valence-corrected chi connectivity index (χ4v) is 2.09. The summed E-state index contributed by atoms with van der Waals surface area (Å²) in [7, 11) is 0. The molecule has 2 unspecified atom stereocenters. The van der Waals surface area contributed by atoms with Gasteiger partial charge in [0.15, 0.2) is 5.78 Å². The molecule has 0 saturated carbocycles. The molecule has 0 heterocycles. The molecule has 0 spiro atoms. The molecule has 4 heteroatoms. The van der Waals surface area contributed by atoms with Crippen molar-refractivity contribution in [2.24, 2.45) is 5.92 Å². The number of carbonyl (C=O) groups is 2. The zero-order valence-corrected chi connectivity index (χ0v) is 14.0. The lowest BCUT2D eigenvalue weighted by molar-refractivity contribution is -0.122. The Bertz CT molecular complexity index is 506. The summed E-state index contributed by atoms with van der Waals surface area (Å²) in [6.45, 7) is 7.84. The third-order valence-electron chi connectivity index (χ3n) is 4.27. The summed E-state index contributed by atoms with van der Waals surface area (Å²) >= 11 is 0. The molecule has 1 aromatic rings. The highest BCUT2D eigenvalue weighted by molar-refractivity contribution is 5.97. The van der Waals surface area contributed by atoms with E-state index in [0.29, 0.717) is 5.56 Å². The summed E-state index contributed by atoms with van der Waals surface area (Å²) in [5.41, 5.74) is 0.803. The summed E-state index contributed by atoms with van der Waals surface area (Å²) in [4.78, 5) is 23.8. The van der Waals surface area contributed by atoms with E-state index < -0.39 is 5.60 Å². The molecule has 0 aromatic heterocycles. The van der Waals surface area contributed by atoms with Gasteiger partial charge < -0.3 is 10.4 Å². The van der Waals surface area contributed by atoms with Crippen LogP contribution in [0.15, 0.2) is 24.3 Å². The third-order valence-corrected chi connectivity index (χ3v) is 4.27. The summed E-state index contributed by atoms with van der Waals surface area (Å²) in [5.74, 6) is -0.144. The lowest BCUT2D eigenvalue weighted by Crippen LogP contribution is -2.45. The molecular formula is C18H27NO3. The number of ketones is 1. The zero-order valence-electron chi connectivity index (χ0n) is 14.0. The smallest absolute Gasteiger partial charge is 0.220 e. The van der Waals surface area contributed by atoms with E-state index in [1.54, 1.807) is 19.1 Å². The molecule has 1 aromatic carbocycles. The van der Waals surface area contributed by atoms with Gasteiger partial charge in [-0.05, 0) is 19.8 Å². The lowest BCUT2D eigenvalue weighted by atomic mass is 9.88.